The molecule has 0 atom stereocenters. The van der Waals surface area contributed by atoms with Gasteiger partial charge in [-0.2, -0.15) is 0 Å². The lowest BCUT2D eigenvalue weighted by molar-refractivity contribution is -0.119. The Balaban J connectivity index is 0.00000484. The van der Waals surface area contributed by atoms with Crippen LogP contribution in [-0.4, -0.2) is 56.6 Å². The molecule has 0 saturated heterocycles. The lowest BCUT2D eigenvalue weighted by Gasteiger charge is -2.22. The number of likely N-dealkylation sites (N-methyl/N-ethyl adjacent to an activating group) is 2. The van der Waals surface area contributed by atoms with Gasteiger partial charge in [-0.05, 0) is 26.0 Å². The molecule has 0 saturated carbocycles. The topological polar surface area (TPSA) is 66.0 Å². The predicted molar refractivity (Wildman–Crippen MR) is 105 cm³/mol. The maximum absolute atomic E-state index is 11.5. The number of carbonyl (C=O) groups excluding carboxylic acids is 1. The minimum Gasteiger partial charge on any atom is -0.492 e. The van der Waals surface area contributed by atoms with Crippen molar-refractivity contribution >= 4 is 35.8 Å². The molecule has 0 fully saturated rings. The van der Waals surface area contributed by atoms with Gasteiger partial charge in [-0.15, -0.1) is 24.0 Å². The van der Waals surface area contributed by atoms with Gasteiger partial charge in [-0.1, -0.05) is 18.2 Å². The highest BCUT2D eigenvalue weighted by Crippen LogP contribution is 2.07. The van der Waals surface area contributed by atoms with Gasteiger partial charge in [0.05, 0.1) is 6.54 Å². The molecule has 0 aliphatic rings. The number of nitrogens with one attached hydrogen (secondary N) is 2. The van der Waals surface area contributed by atoms with Crippen molar-refractivity contribution in [2.75, 3.05) is 39.8 Å². The van der Waals surface area contributed by atoms with Crippen molar-refractivity contribution in [1.82, 2.24) is 15.5 Å². The lowest BCUT2D eigenvalue weighted by Crippen LogP contribution is -2.41. The third kappa shape index (κ3) is 9.27. The number of ether oxygens (including phenoxy) is 1. The summed E-state index contributed by atoms with van der Waals surface area (Å²) in [5.74, 6) is 1.47. The summed E-state index contributed by atoms with van der Waals surface area (Å²) < 4.78 is 5.67. The maximum atomic E-state index is 11.5. The number of aliphatic imine (C=N–C) groups is 1. The zero-order valence-electron chi connectivity index (χ0n) is 14.0. The number of rotatable bonds is 8. The molecule has 0 aromatic heterocycles. The summed E-state index contributed by atoms with van der Waals surface area (Å²) in [5.41, 5.74) is 0. The molecule has 0 bridgehead atoms. The molecule has 0 heterocycles. The molecule has 1 aromatic carbocycles. The average Bonchev–Trinajstić information content (AvgIpc) is 2.52. The Morgan fingerprint density at radius 2 is 1.83 bits per heavy atom. The Morgan fingerprint density at radius 3 is 2.43 bits per heavy atom. The number of amides is 1. The van der Waals surface area contributed by atoms with Gasteiger partial charge in [-0.25, -0.2) is 4.99 Å². The van der Waals surface area contributed by atoms with Crippen molar-refractivity contribution < 1.29 is 9.53 Å². The van der Waals surface area contributed by atoms with Gasteiger partial charge in [0.25, 0.3) is 0 Å². The van der Waals surface area contributed by atoms with E-state index >= 15 is 0 Å². The van der Waals surface area contributed by atoms with Gasteiger partial charge in [0, 0.05) is 20.1 Å². The molecule has 1 aromatic rings. The van der Waals surface area contributed by atoms with Crippen LogP contribution in [0.15, 0.2) is 35.3 Å². The second kappa shape index (κ2) is 13.0. The van der Waals surface area contributed by atoms with Crippen LogP contribution in [0, 0.1) is 0 Å². The van der Waals surface area contributed by atoms with E-state index in [1.807, 2.05) is 56.1 Å². The van der Waals surface area contributed by atoms with Gasteiger partial charge in [0.1, 0.15) is 18.9 Å². The fourth-order valence-electron chi connectivity index (χ4n) is 1.79. The minimum absolute atomic E-state index is 0. The minimum atomic E-state index is -0.0770. The van der Waals surface area contributed by atoms with Crippen molar-refractivity contribution in [1.29, 1.82) is 0 Å². The molecule has 0 spiro atoms. The van der Waals surface area contributed by atoms with Crippen LogP contribution in [0.1, 0.15) is 13.8 Å². The van der Waals surface area contributed by atoms with E-state index in [0.29, 0.717) is 25.7 Å². The summed E-state index contributed by atoms with van der Waals surface area (Å²) in [5, 5.41) is 5.90. The standard InChI is InChI=1S/C16H26N4O2.HI/c1-4-17-15(21)13-19-16(18-5-2)20(3)11-12-22-14-9-7-6-8-10-14;/h6-10H,4-5,11-13H2,1-3H3,(H,17,21)(H,18,19);1H. The highest BCUT2D eigenvalue weighted by atomic mass is 127. The summed E-state index contributed by atoms with van der Waals surface area (Å²) in [6.45, 7) is 6.60. The highest BCUT2D eigenvalue weighted by Gasteiger charge is 2.07. The number of benzene rings is 1. The summed E-state index contributed by atoms with van der Waals surface area (Å²) in [6, 6.07) is 9.69. The molecular weight excluding hydrogens is 407 g/mol. The second-order valence-electron chi connectivity index (χ2n) is 4.71. The van der Waals surface area contributed by atoms with Gasteiger partial charge >= 0.3 is 0 Å². The molecule has 0 radical (unpaired) electrons. The Morgan fingerprint density at radius 1 is 1.17 bits per heavy atom. The first-order valence-electron chi connectivity index (χ1n) is 7.61. The van der Waals surface area contributed by atoms with Gasteiger partial charge in [0.15, 0.2) is 5.96 Å². The number of nitrogens with zero attached hydrogens (tertiary/aromatic N) is 2. The van der Waals surface area contributed by atoms with E-state index in [4.69, 9.17) is 4.74 Å². The van der Waals surface area contributed by atoms with Crippen LogP contribution in [0.4, 0.5) is 0 Å². The maximum Gasteiger partial charge on any atom is 0.241 e. The van der Waals surface area contributed by atoms with E-state index in [-0.39, 0.29) is 36.4 Å². The quantitative estimate of drug-likeness (QED) is 0.372. The molecule has 1 amide bonds. The van der Waals surface area contributed by atoms with Crippen LogP contribution in [-0.2, 0) is 4.79 Å². The average molecular weight is 434 g/mol. The summed E-state index contributed by atoms with van der Waals surface area (Å²) >= 11 is 0. The van der Waals surface area contributed by atoms with Crippen LogP contribution in [0.5, 0.6) is 5.75 Å². The molecule has 0 aliphatic carbocycles. The van der Waals surface area contributed by atoms with E-state index in [0.717, 1.165) is 12.3 Å². The van der Waals surface area contributed by atoms with Crippen molar-refractivity contribution in [3.05, 3.63) is 30.3 Å². The molecule has 2 N–H and O–H groups in total. The van der Waals surface area contributed by atoms with Crippen LogP contribution >= 0.6 is 24.0 Å². The van der Waals surface area contributed by atoms with Crippen LogP contribution in [0.2, 0.25) is 0 Å². The van der Waals surface area contributed by atoms with Gasteiger partial charge in [-0.3, -0.25) is 4.79 Å². The molecule has 6 nitrogen and oxygen atoms in total. The Bertz CT molecular complexity index is 468. The summed E-state index contributed by atoms with van der Waals surface area (Å²) in [7, 11) is 1.92. The third-order valence-corrected chi connectivity index (χ3v) is 2.88. The van der Waals surface area contributed by atoms with Crippen molar-refractivity contribution in [3.63, 3.8) is 0 Å². The molecule has 23 heavy (non-hydrogen) atoms. The largest absolute Gasteiger partial charge is 0.492 e. The smallest absolute Gasteiger partial charge is 0.241 e. The number of halogens is 1. The first-order chi connectivity index (χ1) is 10.7. The second-order valence-corrected chi connectivity index (χ2v) is 4.71. The monoisotopic (exact) mass is 434 g/mol. The van der Waals surface area contributed by atoms with E-state index < -0.39 is 0 Å². The van der Waals surface area contributed by atoms with Gasteiger partial charge in [0.2, 0.25) is 5.91 Å². The van der Waals surface area contributed by atoms with E-state index in [2.05, 4.69) is 15.6 Å². The molecule has 130 valence electrons. The van der Waals surface area contributed by atoms with Crippen LogP contribution < -0.4 is 15.4 Å². The van der Waals surface area contributed by atoms with E-state index in [1.54, 1.807) is 0 Å². The van der Waals surface area contributed by atoms with Crippen LogP contribution in [0.25, 0.3) is 0 Å². The van der Waals surface area contributed by atoms with Crippen LogP contribution in [0.3, 0.4) is 0 Å². The first-order valence-corrected chi connectivity index (χ1v) is 7.61. The van der Waals surface area contributed by atoms with Crippen molar-refractivity contribution in [2.45, 2.75) is 13.8 Å². The number of hydrogen-bond acceptors (Lipinski definition) is 3. The molecule has 7 heteroatoms. The number of para-hydroxylation sites is 1. The highest BCUT2D eigenvalue weighted by molar-refractivity contribution is 14.0. The molecule has 0 unspecified atom stereocenters. The van der Waals surface area contributed by atoms with E-state index in [1.165, 1.54) is 0 Å². The lowest BCUT2D eigenvalue weighted by atomic mass is 10.3. The van der Waals surface area contributed by atoms with Crippen molar-refractivity contribution in [3.8, 4) is 5.75 Å². The molecular formula is C16H27IN4O2. The predicted octanol–water partition coefficient (Wildman–Crippen LogP) is 1.72. The normalized spacial score (nSPS) is 10.5. The Kier molecular flexibility index (Phi) is 12.1. The number of hydrogen-bond donors (Lipinski definition) is 2. The fourth-order valence-corrected chi connectivity index (χ4v) is 1.79. The number of carbonyl (C=O) groups is 1. The SMILES string of the molecule is CCNC(=O)CN=C(NCC)N(C)CCOc1ccccc1.I. The summed E-state index contributed by atoms with van der Waals surface area (Å²) in [4.78, 5) is 17.8. The number of guanidine groups is 1. The zero-order chi connectivity index (χ0) is 16.2. The fraction of sp³-hybridized carbons (Fsp3) is 0.500. The zero-order valence-corrected chi connectivity index (χ0v) is 16.4. The Hall–Kier alpha value is -1.51. The third-order valence-electron chi connectivity index (χ3n) is 2.88. The first kappa shape index (κ1) is 21.5. The van der Waals surface area contributed by atoms with Gasteiger partial charge < -0.3 is 20.3 Å². The van der Waals surface area contributed by atoms with Crippen molar-refractivity contribution in [2.24, 2.45) is 4.99 Å². The Labute approximate surface area is 155 Å². The molecule has 0 aliphatic heterocycles. The summed E-state index contributed by atoms with van der Waals surface area (Å²) in [6.07, 6.45) is 0. The molecule has 1 rings (SSSR count). The van der Waals surface area contributed by atoms with E-state index in [9.17, 15) is 4.79 Å².